The van der Waals surface area contributed by atoms with Crippen molar-refractivity contribution in [1.82, 2.24) is 15.8 Å². The fourth-order valence-electron chi connectivity index (χ4n) is 4.28. The molecular weight excluding hydrogens is 458 g/mol. The normalized spacial score (nSPS) is 26.0. The first-order valence-electron chi connectivity index (χ1n) is 9.39. The van der Waals surface area contributed by atoms with Gasteiger partial charge in [0.05, 0.1) is 11.8 Å². The number of halogens is 1. The predicted octanol–water partition coefficient (Wildman–Crippen LogP) is 0.560. The Kier molecular flexibility index (Phi) is 5.42. The van der Waals surface area contributed by atoms with E-state index >= 15 is 0 Å². The van der Waals surface area contributed by atoms with E-state index in [2.05, 4.69) is 26.8 Å². The molecule has 2 bridgehead atoms. The summed E-state index contributed by atoms with van der Waals surface area (Å²) in [5.74, 6) is -3.55. The highest BCUT2D eigenvalue weighted by Crippen LogP contribution is 2.52. The Morgan fingerprint density at radius 1 is 1.00 bits per heavy atom. The predicted molar refractivity (Wildman–Crippen MR) is 105 cm³/mol. The van der Waals surface area contributed by atoms with E-state index < -0.39 is 42.8 Å². The summed E-state index contributed by atoms with van der Waals surface area (Å²) in [7, 11) is 0. The van der Waals surface area contributed by atoms with E-state index in [0.717, 1.165) is 15.8 Å². The van der Waals surface area contributed by atoms with Crippen LogP contribution < -0.4 is 10.9 Å². The van der Waals surface area contributed by atoms with Crippen LogP contribution in [0.1, 0.15) is 16.8 Å². The number of rotatable bonds is 5. The molecule has 1 heterocycles. The van der Waals surface area contributed by atoms with Gasteiger partial charge in [0, 0.05) is 10.0 Å². The van der Waals surface area contributed by atoms with Crippen LogP contribution in [0.4, 0.5) is 0 Å². The average molecular weight is 476 g/mol. The fraction of sp³-hybridized carbons (Fsp3) is 0.350. The first kappa shape index (κ1) is 20.3. The van der Waals surface area contributed by atoms with E-state index in [1.165, 1.54) is 0 Å². The zero-order valence-corrected chi connectivity index (χ0v) is 17.3. The lowest BCUT2D eigenvalue weighted by atomic mass is 9.85. The molecule has 0 aromatic heterocycles. The van der Waals surface area contributed by atoms with Crippen molar-refractivity contribution in [2.75, 3.05) is 13.2 Å². The van der Waals surface area contributed by atoms with Crippen LogP contribution in [0.15, 0.2) is 40.9 Å². The molecule has 2 fully saturated rings. The van der Waals surface area contributed by atoms with Crippen molar-refractivity contribution in [3.05, 3.63) is 46.5 Å². The summed E-state index contributed by atoms with van der Waals surface area (Å²) in [6.07, 6.45) is 4.73. The lowest BCUT2D eigenvalue weighted by Crippen LogP contribution is -2.44. The number of esters is 1. The number of fused-ring (bicyclic) bond motifs is 5. The number of carbonyl (C=O) groups excluding carboxylic acids is 5. The number of allylic oxidation sites excluding steroid dienone is 2. The molecule has 1 aromatic rings. The Labute approximate surface area is 179 Å². The smallest absolute Gasteiger partial charge is 0.326 e. The van der Waals surface area contributed by atoms with Crippen LogP contribution in [0.5, 0.6) is 0 Å². The minimum absolute atomic E-state index is 0.0533. The molecule has 156 valence electrons. The zero-order chi connectivity index (χ0) is 21.4. The topological polar surface area (TPSA) is 122 Å². The number of imide groups is 1. The van der Waals surface area contributed by atoms with Crippen molar-refractivity contribution in [2.24, 2.45) is 23.7 Å². The Hall–Kier alpha value is -3.01. The lowest BCUT2D eigenvalue weighted by Gasteiger charge is -2.16. The molecule has 30 heavy (non-hydrogen) atoms. The van der Waals surface area contributed by atoms with Gasteiger partial charge in [-0.25, -0.2) is 0 Å². The Morgan fingerprint density at radius 3 is 2.20 bits per heavy atom. The number of nitrogens with one attached hydrogen (secondary N) is 2. The van der Waals surface area contributed by atoms with Crippen LogP contribution in [-0.2, 0) is 23.9 Å². The second kappa shape index (κ2) is 8.02. The number of ether oxygens (including phenoxy) is 1. The van der Waals surface area contributed by atoms with E-state index in [-0.39, 0.29) is 23.7 Å². The summed E-state index contributed by atoms with van der Waals surface area (Å²) in [6.45, 7) is -1.18. The number of hydrogen-bond acceptors (Lipinski definition) is 6. The third-order valence-corrected chi connectivity index (χ3v) is 6.16. The van der Waals surface area contributed by atoms with E-state index in [4.69, 9.17) is 4.74 Å². The quantitative estimate of drug-likeness (QED) is 0.277. The largest absolute Gasteiger partial charge is 0.454 e. The molecule has 2 aliphatic carbocycles. The summed E-state index contributed by atoms with van der Waals surface area (Å²) in [4.78, 5) is 61.7. The van der Waals surface area contributed by atoms with Crippen LogP contribution in [0.2, 0.25) is 0 Å². The van der Waals surface area contributed by atoms with Crippen LogP contribution in [0, 0.1) is 23.7 Å². The molecule has 0 spiro atoms. The van der Waals surface area contributed by atoms with E-state index in [0.29, 0.717) is 5.56 Å². The second-order valence-electron chi connectivity index (χ2n) is 7.43. The number of nitrogens with zero attached hydrogens (tertiary/aromatic N) is 1. The van der Waals surface area contributed by atoms with Gasteiger partial charge in [-0.2, -0.15) is 0 Å². The second-order valence-corrected chi connectivity index (χ2v) is 8.35. The summed E-state index contributed by atoms with van der Waals surface area (Å²) >= 11 is 3.25. The molecule has 1 aliphatic heterocycles. The molecule has 9 nitrogen and oxygen atoms in total. The molecular formula is C20H18BrN3O6. The molecule has 1 saturated carbocycles. The minimum Gasteiger partial charge on any atom is -0.454 e. The maximum Gasteiger partial charge on any atom is 0.326 e. The average Bonchev–Trinajstić information content (AvgIpc) is 3.41. The maximum absolute atomic E-state index is 12.5. The highest BCUT2D eigenvalue weighted by atomic mass is 79.9. The SMILES string of the molecule is O=C(COC(=O)CN1C(=O)[C@H]2[C@H](C1=O)[C@H]1C=C[C@H]2C1)NNC(=O)c1ccc(Br)cc1. The van der Waals surface area contributed by atoms with Crippen LogP contribution in [0.25, 0.3) is 0 Å². The van der Waals surface area contributed by atoms with Gasteiger partial charge in [-0.15, -0.1) is 0 Å². The van der Waals surface area contributed by atoms with E-state index in [1.54, 1.807) is 24.3 Å². The van der Waals surface area contributed by atoms with Gasteiger partial charge >= 0.3 is 5.97 Å². The third-order valence-electron chi connectivity index (χ3n) is 5.63. The number of benzene rings is 1. The highest BCUT2D eigenvalue weighted by molar-refractivity contribution is 9.10. The molecule has 1 aromatic carbocycles. The van der Waals surface area contributed by atoms with Gasteiger partial charge in [-0.3, -0.25) is 39.7 Å². The molecule has 0 unspecified atom stereocenters. The van der Waals surface area contributed by atoms with Crippen molar-refractivity contribution >= 4 is 45.5 Å². The van der Waals surface area contributed by atoms with Crippen molar-refractivity contribution in [2.45, 2.75) is 6.42 Å². The third kappa shape index (κ3) is 3.74. The molecule has 4 rings (SSSR count). The number of likely N-dealkylation sites (tertiary alicyclic amines) is 1. The molecule has 10 heteroatoms. The van der Waals surface area contributed by atoms with Gasteiger partial charge in [0.15, 0.2) is 6.61 Å². The number of hydrogen-bond donors (Lipinski definition) is 2. The number of amides is 4. The number of carbonyl (C=O) groups is 5. The van der Waals surface area contributed by atoms with E-state index in [1.807, 2.05) is 12.2 Å². The monoisotopic (exact) mass is 475 g/mol. The maximum atomic E-state index is 12.5. The van der Waals surface area contributed by atoms with Crippen molar-refractivity contribution < 1.29 is 28.7 Å². The molecule has 4 amide bonds. The number of hydrazine groups is 1. The van der Waals surface area contributed by atoms with Gasteiger partial charge in [0.2, 0.25) is 11.8 Å². The molecule has 4 atom stereocenters. The summed E-state index contributed by atoms with van der Waals surface area (Å²) in [5.41, 5.74) is 4.66. The van der Waals surface area contributed by atoms with Gasteiger partial charge < -0.3 is 4.74 Å². The van der Waals surface area contributed by atoms with Crippen LogP contribution in [0.3, 0.4) is 0 Å². The molecule has 0 radical (unpaired) electrons. The van der Waals surface area contributed by atoms with Crippen molar-refractivity contribution in [3.8, 4) is 0 Å². The van der Waals surface area contributed by atoms with E-state index in [9.17, 15) is 24.0 Å². The fourth-order valence-corrected chi connectivity index (χ4v) is 4.54. The minimum atomic E-state index is -0.869. The Balaban J connectivity index is 1.22. The van der Waals surface area contributed by atoms with Gasteiger partial charge in [0.1, 0.15) is 6.54 Å². The Morgan fingerprint density at radius 2 is 1.60 bits per heavy atom. The zero-order valence-electron chi connectivity index (χ0n) is 15.7. The molecule has 1 saturated heterocycles. The highest BCUT2D eigenvalue weighted by Gasteiger charge is 2.59. The van der Waals surface area contributed by atoms with Gasteiger partial charge in [-0.1, -0.05) is 28.1 Å². The molecule has 3 aliphatic rings. The summed E-state index contributed by atoms with van der Waals surface area (Å²) in [6, 6.07) is 6.48. The van der Waals surface area contributed by atoms with Gasteiger partial charge in [0.25, 0.3) is 11.8 Å². The van der Waals surface area contributed by atoms with Gasteiger partial charge in [-0.05, 0) is 42.5 Å². The lowest BCUT2D eigenvalue weighted by molar-refractivity contribution is -0.155. The molecule has 2 N–H and O–H groups in total. The summed E-state index contributed by atoms with van der Waals surface area (Å²) in [5, 5.41) is 0. The Bertz CT molecular complexity index is 930. The van der Waals surface area contributed by atoms with Crippen LogP contribution in [-0.4, -0.2) is 47.6 Å². The first-order chi connectivity index (χ1) is 14.3. The van der Waals surface area contributed by atoms with Crippen molar-refractivity contribution in [3.63, 3.8) is 0 Å². The summed E-state index contributed by atoms with van der Waals surface area (Å²) < 4.78 is 5.64. The van der Waals surface area contributed by atoms with Crippen molar-refractivity contribution in [1.29, 1.82) is 0 Å². The van der Waals surface area contributed by atoms with Crippen LogP contribution >= 0.6 is 15.9 Å². The standard InChI is InChI=1S/C20H18BrN3O6/c21-13-5-3-10(4-6-13)18(27)23-22-14(25)9-30-15(26)8-24-19(28)16-11-1-2-12(7-11)17(16)20(24)29/h1-6,11-12,16-17H,7-9H2,(H,22,25)(H,23,27)/t11-,12-,16+,17+/m0/s1. The first-order valence-corrected chi connectivity index (χ1v) is 10.2.